The van der Waals surface area contributed by atoms with Crippen molar-refractivity contribution in [2.24, 2.45) is 11.8 Å². The van der Waals surface area contributed by atoms with Gasteiger partial charge in [0.05, 0.1) is 30.8 Å². The highest BCUT2D eigenvalue weighted by atomic mass is 19.1. The van der Waals surface area contributed by atoms with Crippen LogP contribution in [-0.2, 0) is 14.3 Å². The number of carbonyl (C=O) groups excluding carboxylic acids is 1. The number of anilines is 2. The maximum absolute atomic E-state index is 13.7. The van der Waals surface area contributed by atoms with Gasteiger partial charge < -0.3 is 14.6 Å². The van der Waals surface area contributed by atoms with Crippen molar-refractivity contribution in [3.63, 3.8) is 0 Å². The number of hydrogen-bond acceptors (Lipinski definition) is 5. The number of rotatable bonds is 8. The first-order chi connectivity index (χ1) is 14.5. The summed E-state index contributed by atoms with van der Waals surface area (Å²) in [5, 5.41) is 8.68. The van der Waals surface area contributed by atoms with Gasteiger partial charge in [-0.2, -0.15) is 0 Å². The van der Waals surface area contributed by atoms with Gasteiger partial charge in [-0.15, -0.1) is 0 Å². The lowest BCUT2D eigenvalue weighted by molar-refractivity contribution is -0.142. The predicted octanol–water partition coefficient (Wildman–Crippen LogP) is 4.40. The van der Waals surface area contributed by atoms with Crippen molar-refractivity contribution in [1.82, 2.24) is 4.98 Å². The van der Waals surface area contributed by atoms with Gasteiger partial charge in [0.1, 0.15) is 12.4 Å². The monoisotopic (exact) mass is 416 g/mol. The van der Waals surface area contributed by atoms with Crippen LogP contribution in [-0.4, -0.2) is 42.0 Å². The number of aliphatic carboxylic acids is 1. The number of ether oxygens (including phenoxy) is 2. The lowest BCUT2D eigenvalue weighted by Gasteiger charge is -2.29. The quantitative estimate of drug-likeness (QED) is 0.686. The van der Waals surface area contributed by atoms with Crippen molar-refractivity contribution in [3.05, 3.63) is 54.6 Å². The maximum atomic E-state index is 13.7. The first-order valence-corrected chi connectivity index (χ1v) is 9.95. The van der Waals surface area contributed by atoms with Crippen LogP contribution in [0.1, 0.15) is 25.7 Å². The predicted molar refractivity (Wildman–Crippen MR) is 108 cm³/mol. The fraction of sp³-hybridized carbons (Fsp3) is 0.409. The minimum absolute atomic E-state index is 0.171. The van der Waals surface area contributed by atoms with Crippen molar-refractivity contribution in [3.8, 4) is 0 Å². The summed E-state index contributed by atoms with van der Waals surface area (Å²) < 4.78 is 24.5. The van der Waals surface area contributed by atoms with Crippen LogP contribution in [0.4, 0.5) is 20.6 Å². The third-order valence-electron chi connectivity index (χ3n) is 5.07. The average molecular weight is 416 g/mol. The van der Waals surface area contributed by atoms with E-state index in [4.69, 9.17) is 14.6 Å². The van der Waals surface area contributed by atoms with Gasteiger partial charge >= 0.3 is 12.1 Å². The molecule has 1 N–H and O–H groups in total. The van der Waals surface area contributed by atoms with Crippen LogP contribution < -0.4 is 4.90 Å². The molecule has 1 aliphatic carbocycles. The Kier molecular flexibility index (Phi) is 7.73. The molecule has 1 saturated carbocycles. The summed E-state index contributed by atoms with van der Waals surface area (Å²) in [4.78, 5) is 28.8. The molecule has 0 bridgehead atoms. The van der Waals surface area contributed by atoms with Gasteiger partial charge in [0.2, 0.25) is 0 Å². The summed E-state index contributed by atoms with van der Waals surface area (Å²) in [5.74, 6) is -1.02. The number of hydrogen-bond donors (Lipinski definition) is 1. The zero-order valence-electron chi connectivity index (χ0n) is 16.6. The summed E-state index contributed by atoms with van der Waals surface area (Å²) in [6.07, 6.45) is 6.18. The number of nitrogens with zero attached hydrogens (tertiary/aromatic N) is 2. The molecule has 0 radical (unpaired) electrons. The van der Waals surface area contributed by atoms with E-state index >= 15 is 0 Å². The molecule has 7 nitrogen and oxygen atoms in total. The van der Waals surface area contributed by atoms with E-state index in [0.29, 0.717) is 18.0 Å². The summed E-state index contributed by atoms with van der Waals surface area (Å²) in [5.41, 5.74) is 0.841. The minimum Gasteiger partial charge on any atom is -0.480 e. The molecule has 1 amide bonds. The largest absolute Gasteiger partial charge is 0.480 e. The molecule has 30 heavy (non-hydrogen) atoms. The number of benzene rings is 1. The lowest BCUT2D eigenvalue weighted by atomic mass is 9.82. The second-order valence-corrected chi connectivity index (χ2v) is 7.41. The highest BCUT2D eigenvalue weighted by molar-refractivity contribution is 5.95. The Hall–Kier alpha value is -3.00. The highest BCUT2D eigenvalue weighted by Gasteiger charge is 2.26. The molecule has 160 valence electrons. The molecule has 0 saturated heterocycles. The lowest BCUT2D eigenvalue weighted by Crippen LogP contribution is -2.30. The second kappa shape index (κ2) is 10.7. The van der Waals surface area contributed by atoms with E-state index in [-0.39, 0.29) is 25.0 Å². The molecule has 3 rings (SSSR count). The van der Waals surface area contributed by atoms with Crippen molar-refractivity contribution in [1.29, 1.82) is 0 Å². The van der Waals surface area contributed by atoms with Crippen molar-refractivity contribution >= 4 is 23.4 Å². The van der Waals surface area contributed by atoms with E-state index in [9.17, 15) is 14.0 Å². The number of carboxylic acid groups (broad SMARTS) is 1. The molecule has 1 heterocycles. The molecule has 2 unspecified atom stereocenters. The molecule has 1 aliphatic rings. The molecule has 1 fully saturated rings. The van der Waals surface area contributed by atoms with Gasteiger partial charge in [0, 0.05) is 6.20 Å². The van der Waals surface area contributed by atoms with Gasteiger partial charge in [0.15, 0.2) is 0 Å². The Bertz CT molecular complexity index is 848. The van der Waals surface area contributed by atoms with Crippen molar-refractivity contribution < 1.29 is 28.6 Å². The Morgan fingerprint density at radius 2 is 1.90 bits per heavy atom. The SMILES string of the molecule is O=C(O)COCC1CCCC(COC(=O)N(c2cccnc2)c2cccc(F)c2)C1. The van der Waals surface area contributed by atoms with E-state index in [1.54, 1.807) is 24.4 Å². The number of halogens is 1. The number of amides is 1. The average Bonchev–Trinajstić information content (AvgIpc) is 2.73. The summed E-state index contributed by atoms with van der Waals surface area (Å²) >= 11 is 0. The van der Waals surface area contributed by atoms with E-state index in [1.807, 2.05) is 0 Å². The van der Waals surface area contributed by atoms with E-state index in [0.717, 1.165) is 25.7 Å². The van der Waals surface area contributed by atoms with Gasteiger partial charge in [-0.05, 0) is 61.4 Å². The van der Waals surface area contributed by atoms with Gasteiger partial charge in [-0.1, -0.05) is 12.5 Å². The topological polar surface area (TPSA) is 89.0 Å². The molecule has 1 aromatic carbocycles. The van der Waals surface area contributed by atoms with E-state index in [2.05, 4.69) is 4.98 Å². The summed E-state index contributed by atoms with van der Waals surface area (Å²) in [6, 6.07) is 9.14. The zero-order chi connectivity index (χ0) is 21.3. The third-order valence-corrected chi connectivity index (χ3v) is 5.07. The second-order valence-electron chi connectivity index (χ2n) is 7.41. The number of carboxylic acids is 1. The molecule has 2 aromatic rings. The van der Waals surface area contributed by atoms with Gasteiger partial charge in [-0.25, -0.2) is 18.9 Å². The number of aromatic nitrogens is 1. The van der Waals surface area contributed by atoms with E-state index < -0.39 is 17.9 Å². The molecule has 0 aliphatic heterocycles. The fourth-order valence-corrected chi connectivity index (χ4v) is 3.73. The summed E-state index contributed by atoms with van der Waals surface area (Å²) in [7, 11) is 0. The van der Waals surface area contributed by atoms with E-state index in [1.165, 1.54) is 29.3 Å². The first-order valence-electron chi connectivity index (χ1n) is 9.95. The fourth-order valence-electron chi connectivity index (χ4n) is 3.73. The first kappa shape index (κ1) is 21.7. The van der Waals surface area contributed by atoms with Crippen LogP contribution in [0.15, 0.2) is 48.8 Å². The van der Waals surface area contributed by atoms with Crippen LogP contribution >= 0.6 is 0 Å². The van der Waals surface area contributed by atoms with Gasteiger partial charge in [0.25, 0.3) is 0 Å². The Morgan fingerprint density at radius 1 is 1.13 bits per heavy atom. The Balaban J connectivity index is 1.61. The third kappa shape index (κ3) is 6.25. The number of carbonyl (C=O) groups is 2. The van der Waals surface area contributed by atoms with Crippen LogP contribution in [0.2, 0.25) is 0 Å². The standard InChI is InChI=1S/C22H25FN2O5/c23-18-6-2-7-19(11-18)25(20-8-3-9-24-12-20)22(28)30-14-17-5-1-4-16(10-17)13-29-15-21(26)27/h2-3,6-9,11-12,16-17H,1,4-5,10,13-15H2,(H,26,27). The highest BCUT2D eigenvalue weighted by Crippen LogP contribution is 2.31. The normalized spacial score (nSPS) is 18.6. The van der Waals surface area contributed by atoms with Crippen LogP contribution in [0.25, 0.3) is 0 Å². The molecule has 0 spiro atoms. The summed E-state index contributed by atoms with van der Waals surface area (Å²) in [6.45, 7) is 0.325. The zero-order valence-corrected chi connectivity index (χ0v) is 16.6. The van der Waals surface area contributed by atoms with Crippen LogP contribution in [0.3, 0.4) is 0 Å². The molecular formula is C22H25FN2O5. The minimum atomic E-state index is -0.982. The smallest absolute Gasteiger partial charge is 0.419 e. The molecule has 8 heteroatoms. The van der Waals surface area contributed by atoms with Crippen molar-refractivity contribution in [2.45, 2.75) is 25.7 Å². The maximum Gasteiger partial charge on any atom is 0.419 e. The van der Waals surface area contributed by atoms with Crippen molar-refractivity contribution in [2.75, 3.05) is 24.7 Å². The number of pyridine rings is 1. The van der Waals surface area contributed by atoms with Crippen LogP contribution in [0.5, 0.6) is 0 Å². The van der Waals surface area contributed by atoms with Gasteiger partial charge in [-0.3, -0.25) is 4.98 Å². The Morgan fingerprint density at radius 3 is 2.60 bits per heavy atom. The molecule has 1 aromatic heterocycles. The molecule has 2 atom stereocenters. The Labute approximate surface area is 174 Å². The molecular weight excluding hydrogens is 391 g/mol. The van der Waals surface area contributed by atoms with Crippen LogP contribution in [0, 0.1) is 17.7 Å².